The third-order valence-corrected chi connectivity index (χ3v) is 7.87. The van der Waals surface area contributed by atoms with Crippen molar-refractivity contribution in [2.24, 2.45) is 0 Å². The number of anilines is 1. The Balaban J connectivity index is 1.41. The minimum atomic E-state index is -0.487. The Morgan fingerprint density at radius 2 is 1.35 bits per heavy atom. The number of amides is 1. The lowest BCUT2D eigenvalue weighted by atomic mass is 9.98. The highest BCUT2D eigenvalue weighted by atomic mass is 35.5. The van der Waals surface area contributed by atoms with Crippen LogP contribution in [-0.2, 0) is 19.7 Å². The predicted molar refractivity (Wildman–Crippen MR) is 167 cm³/mol. The van der Waals surface area contributed by atoms with Crippen LogP contribution < -0.4 is 9.64 Å². The molecule has 7 nitrogen and oxygen atoms in total. The summed E-state index contributed by atoms with van der Waals surface area (Å²) in [5.41, 5.74) is 4.60. The quantitative estimate of drug-likeness (QED) is 0.128. The van der Waals surface area contributed by atoms with E-state index in [1.807, 2.05) is 109 Å². The molecule has 0 fully saturated rings. The Labute approximate surface area is 254 Å². The maximum atomic E-state index is 14.2. The number of hydrogen-bond donors (Lipinski definition) is 0. The molecule has 5 aromatic rings. The number of hydrogen-bond acceptors (Lipinski definition) is 5. The van der Waals surface area contributed by atoms with Gasteiger partial charge in [0.15, 0.2) is 0 Å². The molecule has 0 N–H and O–H groups in total. The molecule has 1 atom stereocenters. The van der Waals surface area contributed by atoms with Gasteiger partial charge in [-0.3, -0.25) is 14.9 Å². The predicted octanol–water partition coefficient (Wildman–Crippen LogP) is 8.19. The van der Waals surface area contributed by atoms with Gasteiger partial charge < -0.3 is 14.5 Å². The zero-order valence-electron chi connectivity index (χ0n) is 23.2. The normalized spacial score (nSPS) is 14.3. The molecule has 6 rings (SSSR count). The molecule has 1 aliphatic rings. The number of halogens is 1. The lowest BCUT2D eigenvalue weighted by Crippen LogP contribution is -2.48. The van der Waals surface area contributed by atoms with Gasteiger partial charge in [-0.05, 0) is 41.0 Å². The molecule has 1 heterocycles. The molecule has 0 spiro atoms. The molecule has 0 bridgehead atoms. The van der Waals surface area contributed by atoms with E-state index >= 15 is 0 Å². The molecular weight excluding hydrogens is 562 g/mol. The van der Waals surface area contributed by atoms with E-state index in [1.54, 1.807) is 11.0 Å². The summed E-state index contributed by atoms with van der Waals surface area (Å²) >= 11 is 6.30. The fraction of sp³-hybridized carbons (Fsp3) is 0.114. The first-order valence-corrected chi connectivity index (χ1v) is 14.3. The highest BCUT2D eigenvalue weighted by Gasteiger charge is 2.39. The molecule has 5 aromatic carbocycles. The van der Waals surface area contributed by atoms with E-state index in [0.29, 0.717) is 41.7 Å². The molecule has 0 saturated carbocycles. The summed E-state index contributed by atoms with van der Waals surface area (Å²) in [4.78, 5) is 29.3. The van der Waals surface area contributed by atoms with E-state index in [2.05, 4.69) is 4.90 Å². The second-order valence-electron chi connectivity index (χ2n) is 10.3. The van der Waals surface area contributed by atoms with Crippen LogP contribution in [0.1, 0.15) is 38.8 Å². The van der Waals surface area contributed by atoms with Gasteiger partial charge in [0.25, 0.3) is 11.6 Å². The van der Waals surface area contributed by atoms with Gasteiger partial charge in [-0.25, -0.2) is 0 Å². The number of ether oxygens (including phenoxy) is 1. The summed E-state index contributed by atoms with van der Waals surface area (Å²) in [6.45, 7) is 1.13. The molecule has 43 heavy (non-hydrogen) atoms. The first kappa shape index (κ1) is 28.0. The van der Waals surface area contributed by atoms with Gasteiger partial charge in [-0.2, -0.15) is 0 Å². The number of benzene rings is 5. The minimum absolute atomic E-state index is 0.120. The number of nitrogens with zero attached hydrogens (tertiary/aromatic N) is 3. The fourth-order valence-corrected chi connectivity index (χ4v) is 5.58. The van der Waals surface area contributed by atoms with Crippen LogP contribution in [0.2, 0.25) is 5.02 Å². The monoisotopic (exact) mass is 589 g/mol. The highest BCUT2D eigenvalue weighted by Crippen LogP contribution is 2.42. The Bertz CT molecular complexity index is 1750. The molecule has 1 aliphatic heterocycles. The van der Waals surface area contributed by atoms with Crippen LogP contribution in [0, 0.1) is 10.1 Å². The van der Waals surface area contributed by atoms with E-state index in [4.69, 9.17) is 16.3 Å². The molecule has 8 heteroatoms. The topological polar surface area (TPSA) is 75.9 Å². The van der Waals surface area contributed by atoms with Crippen molar-refractivity contribution in [2.75, 3.05) is 4.90 Å². The summed E-state index contributed by atoms with van der Waals surface area (Å²) in [7, 11) is 0. The summed E-state index contributed by atoms with van der Waals surface area (Å²) in [5, 5.41) is 12.3. The second-order valence-corrected chi connectivity index (χ2v) is 10.7. The SMILES string of the molecule is O=C1c2cc([N+](=O)[O-])ccc2N(Cc2ccccc2)[C@H](c2ccc(OCc3ccccc3Cl)cc2)N1Cc1ccccc1. The number of nitro benzene ring substituents is 1. The van der Waals surface area contributed by atoms with E-state index in [9.17, 15) is 14.9 Å². The second kappa shape index (κ2) is 12.4. The van der Waals surface area contributed by atoms with Crippen molar-refractivity contribution in [3.8, 4) is 5.75 Å². The first-order valence-electron chi connectivity index (χ1n) is 13.9. The van der Waals surface area contributed by atoms with Gasteiger partial charge in [-0.15, -0.1) is 0 Å². The molecule has 0 aliphatic carbocycles. The standard InChI is InChI=1S/C35H28ClN3O4/c36-32-14-8-7-13-28(32)24-43-30-18-15-27(16-19-30)34-37(22-25-9-3-1-4-10-25)33-20-17-29(39(41)42)21-31(33)35(40)38(34)23-26-11-5-2-6-12-26/h1-21,34H,22-24H2/t34-/m0/s1. The third kappa shape index (κ3) is 6.08. The van der Waals surface area contributed by atoms with Crippen LogP contribution in [0.15, 0.2) is 127 Å². The Morgan fingerprint density at radius 3 is 1.98 bits per heavy atom. The van der Waals surface area contributed by atoms with Crippen molar-refractivity contribution in [2.45, 2.75) is 25.9 Å². The Morgan fingerprint density at radius 1 is 0.744 bits per heavy atom. The van der Waals surface area contributed by atoms with Crippen LogP contribution in [0.3, 0.4) is 0 Å². The summed E-state index contributed by atoms with van der Waals surface area (Å²) in [6, 6.07) is 39.5. The van der Waals surface area contributed by atoms with Crippen LogP contribution in [0.4, 0.5) is 11.4 Å². The zero-order chi connectivity index (χ0) is 29.8. The Kier molecular flexibility index (Phi) is 8.07. The number of nitro groups is 1. The van der Waals surface area contributed by atoms with Gasteiger partial charge in [0.1, 0.15) is 18.5 Å². The number of carbonyl (C=O) groups is 1. The van der Waals surface area contributed by atoms with Crippen molar-refractivity contribution >= 4 is 28.9 Å². The lowest BCUT2D eigenvalue weighted by molar-refractivity contribution is -0.384. The molecule has 0 unspecified atom stereocenters. The number of carbonyl (C=O) groups excluding carboxylic acids is 1. The molecule has 0 aromatic heterocycles. The third-order valence-electron chi connectivity index (χ3n) is 7.50. The van der Waals surface area contributed by atoms with Gasteiger partial charge >= 0.3 is 0 Å². The molecule has 0 radical (unpaired) electrons. The zero-order valence-corrected chi connectivity index (χ0v) is 23.9. The number of fused-ring (bicyclic) bond motifs is 1. The van der Waals surface area contributed by atoms with E-state index in [-0.39, 0.29) is 11.6 Å². The van der Waals surface area contributed by atoms with Crippen LogP contribution >= 0.6 is 11.6 Å². The highest BCUT2D eigenvalue weighted by molar-refractivity contribution is 6.31. The maximum Gasteiger partial charge on any atom is 0.270 e. The van der Waals surface area contributed by atoms with Gasteiger partial charge in [0, 0.05) is 35.8 Å². The van der Waals surface area contributed by atoms with Crippen molar-refractivity contribution in [1.29, 1.82) is 0 Å². The first-order chi connectivity index (χ1) is 21.0. The van der Waals surface area contributed by atoms with E-state index < -0.39 is 11.1 Å². The molecule has 0 saturated heterocycles. The van der Waals surface area contributed by atoms with E-state index in [1.165, 1.54) is 12.1 Å². The Hall–Kier alpha value is -5.14. The van der Waals surface area contributed by atoms with Crippen molar-refractivity contribution in [3.05, 3.63) is 170 Å². The van der Waals surface area contributed by atoms with Crippen LogP contribution in [-0.4, -0.2) is 15.7 Å². The minimum Gasteiger partial charge on any atom is -0.489 e. The molecule has 214 valence electrons. The van der Waals surface area contributed by atoms with Crippen molar-refractivity contribution < 1.29 is 14.5 Å². The van der Waals surface area contributed by atoms with Gasteiger partial charge in [0.05, 0.1) is 16.2 Å². The number of non-ortho nitro benzene ring substituents is 1. The van der Waals surface area contributed by atoms with E-state index in [0.717, 1.165) is 22.3 Å². The van der Waals surface area contributed by atoms with Crippen molar-refractivity contribution in [1.82, 2.24) is 4.90 Å². The van der Waals surface area contributed by atoms with Crippen LogP contribution in [0.25, 0.3) is 0 Å². The summed E-state index contributed by atoms with van der Waals surface area (Å²) < 4.78 is 6.03. The molecule has 1 amide bonds. The molecular formula is C35H28ClN3O4. The average molecular weight is 590 g/mol. The number of rotatable bonds is 9. The van der Waals surface area contributed by atoms with Gasteiger partial charge in [-0.1, -0.05) is 103 Å². The van der Waals surface area contributed by atoms with Gasteiger partial charge in [0.2, 0.25) is 0 Å². The summed E-state index contributed by atoms with van der Waals surface area (Å²) in [5.74, 6) is 0.405. The lowest BCUT2D eigenvalue weighted by Gasteiger charge is -2.46. The average Bonchev–Trinajstić information content (AvgIpc) is 3.04. The van der Waals surface area contributed by atoms with Crippen LogP contribution in [0.5, 0.6) is 5.75 Å². The largest absolute Gasteiger partial charge is 0.489 e. The maximum absolute atomic E-state index is 14.2. The van der Waals surface area contributed by atoms with Crippen molar-refractivity contribution in [3.63, 3.8) is 0 Å². The smallest absolute Gasteiger partial charge is 0.270 e. The summed E-state index contributed by atoms with van der Waals surface area (Å²) in [6.07, 6.45) is -0.487. The fourth-order valence-electron chi connectivity index (χ4n) is 5.39.